The number of ketones is 1. The van der Waals surface area contributed by atoms with E-state index in [1.165, 1.54) is 5.57 Å². The van der Waals surface area contributed by atoms with Crippen LogP contribution in [-0.4, -0.2) is 28.1 Å². The number of carboxylic acid groups (broad SMARTS) is 1. The summed E-state index contributed by atoms with van der Waals surface area (Å²) in [5.74, 6) is 0.450. The predicted octanol–water partition coefficient (Wildman–Crippen LogP) is 6.41. The summed E-state index contributed by atoms with van der Waals surface area (Å²) in [4.78, 5) is 25.3. The van der Waals surface area contributed by atoms with Gasteiger partial charge in [0.2, 0.25) is 0 Å². The fraction of sp³-hybridized carbons (Fsp3) is 0.867. The average Bonchev–Trinajstić information content (AvgIpc) is 2.74. The van der Waals surface area contributed by atoms with E-state index in [9.17, 15) is 19.8 Å². The van der Waals surface area contributed by atoms with Crippen LogP contribution in [0.1, 0.15) is 106 Å². The number of fused-ring (bicyclic) bond motifs is 7. The number of rotatable bonds is 1. The molecule has 0 aromatic carbocycles. The van der Waals surface area contributed by atoms with E-state index in [2.05, 4.69) is 47.6 Å². The number of allylic oxidation sites excluding steroid dienone is 2. The monoisotopic (exact) mass is 470 g/mol. The number of Topliss-reactive ketones (excluding diaryl/α,β-unsaturated/α-hetero) is 1. The molecule has 9 atom stereocenters. The Balaban J connectivity index is 1.59. The van der Waals surface area contributed by atoms with Crippen molar-refractivity contribution in [1.82, 2.24) is 0 Å². The van der Waals surface area contributed by atoms with Gasteiger partial charge in [-0.3, -0.25) is 9.59 Å². The van der Waals surface area contributed by atoms with Crippen LogP contribution in [0.15, 0.2) is 11.6 Å². The van der Waals surface area contributed by atoms with Gasteiger partial charge in [0, 0.05) is 11.8 Å². The first-order valence-electron chi connectivity index (χ1n) is 13.7. The highest BCUT2D eigenvalue weighted by atomic mass is 16.4. The average molecular weight is 471 g/mol. The van der Waals surface area contributed by atoms with Crippen molar-refractivity contribution in [3.8, 4) is 0 Å². The summed E-state index contributed by atoms with van der Waals surface area (Å²) in [7, 11) is 0. The topological polar surface area (TPSA) is 74.6 Å². The molecule has 0 aromatic heterocycles. The lowest BCUT2D eigenvalue weighted by atomic mass is 9.33. The Labute approximate surface area is 206 Å². The molecule has 4 heteroatoms. The van der Waals surface area contributed by atoms with Crippen molar-refractivity contribution in [2.24, 2.45) is 50.2 Å². The second-order valence-corrected chi connectivity index (χ2v) is 14.9. The summed E-state index contributed by atoms with van der Waals surface area (Å²) in [6.07, 6.45) is 10.1. The first-order chi connectivity index (χ1) is 15.6. The molecule has 0 unspecified atom stereocenters. The van der Waals surface area contributed by atoms with E-state index in [1.807, 2.05) is 6.92 Å². The number of carboxylic acids is 1. The molecule has 0 heterocycles. The minimum absolute atomic E-state index is 0.0219. The van der Waals surface area contributed by atoms with E-state index in [-0.39, 0.29) is 27.4 Å². The van der Waals surface area contributed by atoms with Crippen LogP contribution in [-0.2, 0) is 9.59 Å². The van der Waals surface area contributed by atoms with Crippen LogP contribution in [0, 0.1) is 50.2 Å². The van der Waals surface area contributed by atoms with Gasteiger partial charge in [0.05, 0.1) is 5.41 Å². The molecule has 4 fully saturated rings. The Kier molecular flexibility index (Phi) is 5.04. The number of aliphatic hydroxyl groups excluding tert-OH is 1. The maximum atomic E-state index is 13.1. The third-order valence-electron chi connectivity index (χ3n) is 13.1. The van der Waals surface area contributed by atoms with Gasteiger partial charge in [0.1, 0.15) is 6.10 Å². The van der Waals surface area contributed by atoms with E-state index in [0.29, 0.717) is 24.2 Å². The molecule has 0 aliphatic heterocycles. The lowest BCUT2D eigenvalue weighted by molar-refractivity contribution is -0.202. The van der Waals surface area contributed by atoms with Crippen LogP contribution in [0.3, 0.4) is 0 Å². The van der Waals surface area contributed by atoms with Crippen molar-refractivity contribution in [3.63, 3.8) is 0 Å². The van der Waals surface area contributed by atoms with Gasteiger partial charge in [-0.2, -0.15) is 0 Å². The molecule has 0 spiro atoms. The normalized spacial score (nSPS) is 54.1. The van der Waals surface area contributed by atoms with Gasteiger partial charge in [0.15, 0.2) is 5.78 Å². The van der Waals surface area contributed by atoms with Crippen LogP contribution in [0.2, 0.25) is 0 Å². The van der Waals surface area contributed by atoms with Gasteiger partial charge in [-0.1, -0.05) is 53.2 Å². The van der Waals surface area contributed by atoms with Crippen LogP contribution in [0.5, 0.6) is 0 Å². The van der Waals surface area contributed by atoms with Crippen molar-refractivity contribution in [2.45, 2.75) is 112 Å². The summed E-state index contributed by atoms with van der Waals surface area (Å²) in [6.45, 7) is 15.9. The van der Waals surface area contributed by atoms with Crippen molar-refractivity contribution in [2.75, 3.05) is 0 Å². The van der Waals surface area contributed by atoms with Crippen molar-refractivity contribution in [3.05, 3.63) is 11.6 Å². The third-order valence-corrected chi connectivity index (χ3v) is 13.1. The third kappa shape index (κ3) is 2.81. The standard InChI is InChI=1S/C30H46O4/c1-25(2)21-10-11-30(7)22(28(21,5)17-20(31)23(25)32)9-8-18-19-16-27(4,24(33)34)13-12-26(19,3)14-15-29(18,30)6/h8,19,21-23,32H,9-17H2,1-7H3,(H,33,34)/t19-,21-,22+,23-,26+,27+,28-,29+,30+/m0/s1. The van der Waals surface area contributed by atoms with Crippen molar-refractivity contribution < 1.29 is 19.8 Å². The molecule has 0 saturated heterocycles. The number of hydrogen-bond donors (Lipinski definition) is 2. The number of hydrogen-bond acceptors (Lipinski definition) is 3. The molecule has 190 valence electrons. The molecule has 0 amide bonds. The van der Waals surface area contributed by atoms with Crippen molar-refractivity contribution >= 4 is 11.8 Å². The Morgan fingerprint density at radius 2 is 1.59 bits per heavy atom. The first kappa shape index (κ1) is 24.5. The molecule has 2 N–H and O–H groups in total. The molecule has 0 radical (unpaired) electrons. The molecule has 5 rings (SSSR count). The van der Waals surface area contributed by atoms with E-state index < -0.39 is 22.9 Å². The number of carbonyl (C=O) groups excluding carboxylic acids is 1. The van der Waals surface area contributed by atoms with Crippen LogP contribution in [0.4, 0.5) is 0 Å². The highest BCUT2D eigenvalue weighted by Crippen LogP contribution is 2.75. The highest BCUT2D eigenvalue weighted by Gasteiger charge is 2.69. The minimum atomic E-state index is -0.855. The summed E-state index contributed by atoms with van der Waals surface area (Å²) in [6, 6.07) is 0. The zero-order valence-corrected chi connectivity index (χ0v) is 22.5. The van der Waals surface area contributed by atoms with Crippen LogP contribution < -0.4 is 0 Å². The van der Waals surface area contributed by atoms with Crippen molar-refractivity contribution in [1.29, 1.82) is 0 Å². The molecular weight excluding hydrogens is 424 g/mol. The Bertz CT molecular complexity index is 965. The Morgan fingerprint density at radius 3 is 2.24 bits per heavy atom. The lowest BCUT2D eigenvalue weighted by Gasteiger charge is -2.71. The van der Waals surface area contributed by atoms with Gasteiger partial charge >= 0.3 is 5.97 Å². The summed E-state index contributed by atoms with van der Waals surface area (Å²) >= 11 is 0. The summed E-state index contributed by atoms with van der Waals surface area (Å²) in [5, 5.41) is 20.9. The molecule has 4 nitrogen and oxygen atoms in total. The second-order valence-electron chi connectivity index (χ2n) is 14.9. The Morgan fingerprint density at radius 1 is 0.941 bits per heavy atom. The largest absolute Gasteiger partial charge is 0.481 e. The van der Waals surface area contributed by atoms with Gasteiger partial charge in [-0.05, 0) is 97.7 Å². The van der Waals surface area contributed by atoms with Crippen LogP contribution in [0.25, 0.3) is 0 Å². The zero-order valence-electron chi connectivity index (χ0n) is 22.5. The SMILES string of the molecule is CC1(C)[C@@H](O)C(=O)C[C@]2(C)[C@H]3CC=C4[C@@H]5C[C@](C)(C(=O)O)CC[C@]5(C)CC[C@@]4(C)[C@]3(C)CC[C@@H]12. The number of aliphatic hydroxyl groups is 1. The quantitative estimate of drug-likeness (QED) is 0.434. The van der Waals surface area contributed by atoms with E-state index in [0.717, 1.165) is 51.4 Å². The molecule has 5 aliphatic rings. The number of carbonyl (C=O) groups is 2. The highest BCUT2D eigenvalue weighted by molar-refractivity contribution is 5.85. The van der Waals surface area contributed by atoms with Gasteiger partial charge in [0.25, 0.3) is 0 Å². The molecule has 0 aromatic rings. The smallest absolute Gasteiger partial charge is 0.309 e. The van der Waals surface area contributed by atoms with Gasteiger partial charge in [-0.25, -0.2) is 0 Å². The predicted molar refractivity (Wildman–Crippen MR) is 133 cm³/mol. The summed E-state index contributed by atoms with van der Waals surface area (Å²) < 4.78 is 0. The van der Waals surface area contributed by atoms with Crippen LogP contribution >= 0.6 is 0 Å². The summed E-state index contributed by atoms with van der Waals surface area (Å²) in [5.41, 5.74) is 0.705. The molecule has 5 aliphatic carbocycles. The molecule has 34 heavy (non-hydrogen) atoms. The van der Waals surface area contributed by atoms with Gasteiger partial charge in [-0.15, -0.1) is 0 Å². The lowest BCUT2D eigenvalue weighted by Crippen LogP contribution is -2.66. The minimum Gasteiger partial charge on any atom is -0.481 e. The van der Waals surface area contributed by atoms with E-state index in [4.69, 9.17) is 0 Å². The fourth-order valence-electron chi connectivity index (χ4n) is 10.5. The van der Waals surface area contributed by atoms with E-state index >= 15 is 0 Å². The second kappa shape index (κ2) is 6.99. The Hall–Kier alpha value is -1.16. The molecule has 4 saturated carbocycles. The maximum absolute atomic E-state index is 13.1. The number of aliphatic carboxylic acids is 1. The van der Waals surface area contributed by atoms with E-state index in [1.54, 1.807) is 0 Å². The first-order valence-corrected chi connectivity index (χ1v) is 13.7. The molecule has 0 bridgehead atoms. The molecular formula is C30H46O4. The zero-order chi connectivity index (χ0) is 25.1. The fourth-order valence-corrected chi connectivity index (χ4v) is 10.5. The van der Waals surface area contributed by atoms with Gasteiger partial charge < -0.3 is 10.2 Å². The maximum Gasteiger partial charge on any atom is 0.309 e.